The number of para-hydroxylation sites is 1. The predicted molar refractivity (Wildman–Crippen MR) is 89.1 cm³/mol. The first-order valence-electron chi connectivity index (χ1n) is 7.59. The molecule has 1 aliphatic carbocycles. The summed E-state index contributed by atoms with van der Waals surface area (Å²) in [5, 5.41) is 3.58. The van der Waals surface area contributed by atoms with Crippen LogP contribution in [0.4, 0.5) is 5.69 Å². The van der Waals surface area contributed by atoms with Crippen molar-refractivity contribution in [3.05, 3.63) is 41.6 Å². The van der Waals surface area contributed by atoms with Gasteiger partial charge in [-0.25, -0.2) is 0 Å². The highest BCUT2D eigenvalue weighted by molar-refractivity contribution is 7.80. The summed E-state index contributed by atoms with van der Waals surface area (Å²) >= 11 is 5.36. The van der Waals surface area contributed by atoms with Crippen LogP contribution in [0.3, 0.4) is 0 Å². The summed E-state index contributed by atoms with van der Waals surface area (Å²) in [7, 11) is 0. The maximum atomic E-state index is 12.6. The van der Waals surface area contributed by atoms with E-state index in [1.165, 1.54) is 32.1 Å². The molecule has 110 valence electrons. The van der Waals surface area contributed by atoms with Gasteiger partial charge in [-0.05, 0) is 49.5 Å². The second-order valence-electron chi connectivity index (χ2n) is 5.84. The number of allylic oxidation sites excluding steroid dienone is 1. The Morgan fingerprint density at radius 3 is 2.67 bits per heavy atom. The lowest BCUT2D eigenvalue weighted by Crippen LogP contribution is -2.30. The van der Waals surface area contributed by atoms with E-state index in [9.17, 15) is 4.79 Å². The monoisotopic (exact) mass is 300 g/mol. The van der Waals surface area contributed by atoms with Crippen molar-refractivity contribution in [1.29, 1.82) is 0 Å². The van der Waals surface area contributed by atoms with Crippen LogP contribution in [0.1, 0.15) is 37.7 Å². The molecule has 0 unspecified atom stereocenters. The van der Waals surface area contributed by atoms with Crippen LogP contribution in [0.15, 0.2) is 36.0 Å². The molecule has 1 saturated carbocycles. The number of hydrogen-bond donors (Lipinski definition) is 1. The van der Waals surface area contributed by atoms with Gasteiger partial charge in [0.1, 0.15) is 5.70 Å². The summed E-state index contributed by atoms with van der Waals surface area (Å²) in [5.74, 6) is 0.477. The van der Waals surface area contributed by atoms with Crippen molar-refractivity contribution in [1.82, 2.24) is 5.32 Å². The van der Waals surface area contributed by atoms with Gasteiger partial charge in [-0.1, -0.05) is 43.5 Å². The van der Waals surface area contributed by atoms with Crippen LogP contribution in [0, 0.1) is 12.8 Å². The predicted octanol–water partition coefficient (Wildman–Crippen LogP) is 3.68. The minimum atomic E-state index is -0.0279. The lowest BCUT2D eigenvalue weighted by atomic mass is 9.88. The average molecular weight is 300 g/mol. The SMILES string of the molecule is Cc1ccccc1N1C(=O)/C(=C/C2CCCCC2)NC1=S. The third-order valence-corrected chi connectivity index (χ3v) is 4.57. The summed E-state index contributed by atoms with van der Waals surface area (Å²) in [6.45, 7) is 1.99. The largest absolute Gasteiger partial charge is 0.328 e. The number of carbonyl (C=O) groups is 1. The molecule has 1 aliphatic heterocycles. The van der Waals surface area contributed by atoms with E-state index in [1.807, 2.05) is 31.2 Å². The second-order valence-corrected chi connectivity index (χ2v) is 6.22. The Bertz CT molecular complexity index is 603. The van der Waals surface area contributed by atoms with Gasteiger partial charge in [0.05, 0.1) is 5.69 Å². The maximum absolute atomic E-state index is 12.6. The molecule has 1 amide bonds. The van der Waals surface area contributed by atoms with Gasteiger partial charge in [0.25, 0.3) is 5.91 Å². The van der Waals surface area contributed by atoms with E-state index >= 15 is 0 Å². The molecule has 1 heterocycles. The molecule has 1 saturated heterocycles. The summed E-state index contributed by atoms with van der Waals surface area (Å²) in [6, 6.07) is 7.83. The third-order valence-electron chi connectivity index (χ3n) is 4.29. The van der Waals surface area contributed by atoms with Crippen molar-refractivity contribution in [2.24, 2.45) is 5.92 Å². The Hall–Kier alpha value is -1.68. The van der Waals surface area contributed by atoms with E-state index in [2.05, 4.69) is 11.4 Å². The number of hydrogen-bond acceptors (Lipinski definition) is 2. The smallest absolute Gasteiger partial charge is 0.280 e. The molecule has 21 heavy (non-hydrogen) atoms. The molecular formula is C17H20N2OS. The van der Waals surface area contributed by atoms with E-state index < -0.39 is 0 Å². The Morgan fingerprint density at radius 2 is 1.95 bits per heavy atom. The number of anilines is 1. The van der Waals surface area contributed by atoms with E-state index in [0.29, 0.717) is 16.7 Å². The number of benzene rings is 1. The quantitative estimate of drug-likeness (QED) is 0.668. The van der Waals surface area contributed by atoms with Crippen molar-refractivity contribution in [2.45, 2.75) is 39.0 Å². The number of nitrogens with one attached hydrogen (secondary N) is 1. The molecule has 0 radical (unpaired) electrons. The number of thiocarbonyl (C=S) groups is 1. The molecule has 0 aromatic heterocycles. The fraction of sp³-hybridized carbons (Fsp3) is 0.412. The Morgan fingerprint density at radius 1 is 1.24 bits per heavy atom. The van der Waals surface area contributed by atoms with Gasteiger partial charge in [0.15, 0.2) is 5.11 Å². The molecule has 4 heteroatoms. The first-order chi connectivity index (χ1) is 10.2. The van der Waals surface area contributed by atoms with Gasteiger partial charge in [-0.3, -0.25) is 9.69 Å². The normalized spacial score (nSPS) is 22.0. The molecular weight excluding hydrogens is 280 g/mol. The fourth-order valence-electron chi connectivity index (χ4n) is 3.12. The Balaban J connectivity index is 1.85. The highest BCUT2D eigenvalue weighted by Crippen LogP contribution is 2.29. The minimum Gasteiger partial charge on any atom is -0.328 e. The first kappa shape index (κ1) is 14.3. The van der Waals surface area contributed by atoms with E-state index in [-0.39, 0.29) is 5.91 Å². The molecule has 3 rings (SSSR count). The lowest BCUT2D eigenvalue weighted by molar-refractivity contribution is -0.113. The van der Waals surface area contributed by atoms with Crippen LogP contribution < -0.4 is 10.2 Å². The van der Waals surface area contributed by atoms with Gasteiger partial charge < -0.3 is 5.32 Å². The van der Waals surface area contributed by atoms with Crippen LogP contribution in [-0.2, 0) is 4.79 Å². The highest BCUT2D eigenvalue weighted by Gasteiger charge is 2.33. The van der Waals surface area contributed by atoms with Gasteiger partial charge in [0, 0.05) is 0 Å². The summed E-state index contributed by atoms with van der Waals surface area (Å²) < 4.78 is 0. The molecule has 1 N–H and O–H groups in total. The van der Waals surface area contributed by atoms with Crippen LogP contribution in [0.25, 0.3) is 0 Å². The zero-order valence-electron chi connectivity index (χ0n) is 12.3. The minimum absolute atomic E-state index is 0.0279. The molecule has 1 aromatic rings. The molecule has 2 fully saturated rings. The van der Waals surface area contributed by atoms with Crippen LogP contribution in [-0.4, -0.2) is 11.0 Å². The maximum Gasteiger partial charge on any atom is 0.280 e. The second kappa shape index (κ2) is 5.98. The number of rotatable bonds is 2. The number of aryl methyl sites for hydroxylation is 1. The van der Waals surface area contributed by atoms with E-state index in [0.717, 1.165) is 11.3 Å². The van der Waals surface area contributed by atoms with Gasteiger partial charge in [-0.15, -0.1) is 0 Å². The summed E-state index contributed by atoms with van der Waals surface area (Å²) in [6.07, 6.45) is 8.27. The number of amides is 1. The molecule has 3 nitrogen and oxygen atoms in total. The number of carbonyl (C=O) groups excluding carboxylic acids is 1. The van der Waals surface area contributed by atoms with Crippen LogP contribution in [0.5, 0.6) is 0 Å². The standard InChI is InChI=1S/C17H20N2OS/c1-12-7-5-6-10-15(12)19-16(20)14(18-17(19)21)11-13-8-3-2-4-9-13/h5-7,10-11,13H,2-4,8-9H2,1H3,(H,18,21)/b14-11-. The van der Waals surface area contributed by atoms with Gasteiger partial charge in [-0.2, -0.15) is 0 Å². The van der Waals surface area contributed by atoms with E-state index in [4.69, 9.17) is 12.2 Å². The molecule has 0 bridgehead atoms. The first-order valence-corrected chi connectivity index (χ1v) is 8.00. The zero-order chi connectivity index (χ0) is 14.8. The summed E-state index contributed by atoms with van der Waals surface area (Å²) in [4.78, 5) is 14.3. The van der Waals surface area contributed by atoms with Crippen molar-refractivity contribution < 1.29 is 4.79 Å². The van der Waals surface area contributed by atoms with Gasteiger partial charge in [0.2, 0.25) is 0 Å². The molecule has 0 spiro atoms. The van der Waals surface area contributed by atoms with Crippen molar-refractivity contribution >= 4 is 28.9 Å². The van der Waals surface area contributed by atoms with Crippen LogP contribution >= 0.6 is 12.2 Å². The van der Waals surface area contributed by atoms with E-state index in [1.54, 1.807) is 4.90 Å². The zero-order valence-corrected chi connectivity index (χ0v) is 13.1. The van der Waals surface area contributed by atoms with Crippen LogP contribution in [0.2, 0.25) is 0 Å². The van der Waals surface area contributed by atoms with Gasteiger partial charge >= 0.3 is 0 Å². The average Bonchev–Trinajstić information content (AvgIpc) is 2.76. The molecule has 2 aliphatic rings. The van der Waals surface area contributed by atoms with Crippen molar-refractivity contribution in [3.8, 4) is 0 Å². The number of nitrogens with zero attached hydrogens (tertiary/aromatic N) is 1. The molecule has 1 aromatic carbocycles. The van der Waals surface area contributed by atoms with Crippen molar-refractivity contribution in [2.75, 3.05) is 4.90 Å². The Labute approximate surface area is 131 Å². The fourth-order valence-corrected chi connectivity index (χ4v) is 3.41. The highest BCUT2D eigenvalue weighted by atomic mass is 32.1. The third kappa shape index (κ3) is 2.86. The lowest BCUT2D eigenvalue weighted by Gasteiger charge is -2.18. The Kier molecular flexibility index (Phi) is 4.06. The summed E-state index contributed by atoms with van der Waals surface area (Å²) in [5.41, 5.74) is 2.57. The topological polar surface area (TPSA) is 32.3 Å². The van der Waals surface area contributed by atoms with Crippen molar-refractivity contribution in [3.63, 3.8) is 0 Å². The molecule has 0 atom stereocenters.